The zero-order valence-corrected chi connectivity index (χ0v) is 17.8. The topological polar surface area (TPSA) is 79.6 Å². The van der Waals surface area contributed by atoms with Crippen molar-refractivity contribution in [2.75, 3.05) is 11.6 Å². The van der Waals surface area contributed by atoms with Crippen molar-refractivity contribution in [2.45, 2.75) is 54.0 Å². The number of hydrogen-bond donors (Lipinski definition) is 1. The van der Waals surface area contributed by atoms with Gasteiger partial charge in [-0.3, -0.25) is 14.3 Å². The van der Waals surface area contributed by atoms with Crippen molar-refractivity contribution in [3.05, 3.63) is 46.8 Å². The van der Waals surface area contributed by atoms with E-state index >= 15 is 0 Å². The lowest BCUT2D eigenvalue weighted by Gasteiger charge is -2.25. The Morgan fingerprint density at radius 1 is 1.17 bits per heavy atom. The van der Waals surface area contributed by atoms with Gasteiger partial charge in [0.2, 0.25) is 5.91 Å². The number of rotatable bonds is 6. The number of aromatic nitrogens is 2. The van der Waals surface area contributed by atoms with Crippen LogP contribution in [0.5, 0.6) is 0 Å². The van der Waals surface area contributed by atoms with Crippen LogP contribution >= 0.6 is 0 Å². The van der Waals surface area contributed by atoms with Crippen LogP contribution in [-0.4, -0.2) is 33.9 Å². The third-order valence-electron chi connectivity index (χ3n) is 5.09. The molecule has 0 radical (unpaired) electrons. The van der Waals surface area contributed by atoms with E-state index in [9.17, 15) is 9.59 Å². The van der Waals surface area contributed by atoms with E-state index in [1.54, 1.807) is 0 Å². The average molecular weight is 396 g/mol. The zero-order chi connectivity index (χ0) is 21.1. The van der Waals surface area contributed by atoms with Crippen molar-refractivity contribution in [2.24, 2.45) is 11.0 Å². The van der Waals surface area contributed by atoms with Crippen LogP contribution in [0, 0.1) is 33.6 Å². The first kappa shape index (κ1) is 20.8. The maximum absolute atomic E-state index is 12.7. The molecule has 2 amide bonds. The summed E-state index contributed by atoms with van der Waals surface area (Å²) in [4.78, 5) is 25.1. The fourth-order valence-electron chi connectivity index (χ4n) is 3.44. The molecule has 0 saturated carbocycles. The molecule has 1 atom stereocenters. The molecule has 1 aliphatic heterocycles. The van der Waals surface area contributed by atoms with Crippen molar-refractivity contribution in [3.8, 4) is 0 Å². The van der Waals surface area contributed by atoms with E-state index in [2.05, 4.69) is 22.4 Å². The molecule has 7 nitrogen and oxygen atoms in total. The minimum Gasteiger partial charge on any atom is -0.351 e. The molecule has 0 saturated heterocycles. The van der Waals surface area contributed by atoms with Crippen molar-refractivity contribution in [1.29, 1.82) is 0 Å². The fourth-order valence-corrected chi connectivity index (χ4v) is 3.44. The lowest BCUT2D eigenvalue weighted by molar-refractivity contribution is -0.119. The molecule has 1 N–H and O–H groups in total. The van der Waals surface area contributed by atoms with E-state index < -0.39 is 0 Å². The Labute approximate surface area is 171 Å². The summed E-state index contributed by atoms with van der Waals surface area (Å²) in [7, 11) is 0. The van der Waals surface area contributed by atoms with Crippen LogP contribution < -0.4 is 10.3 Å². The molecule has 0 spiro atoms. The van der Waals surface area contributed by atoms with E-state index in [0.717, 1.165) is 34.7 Å². The number of benzene rings is 1. The summed E-state index contributed by atoms with van der Waals surface area (Å²) in [5.41, 5.74) is 5.23. The summed E-state index contributed by atoms with van der Waals surface area (Å²) in [5, 5.41) is 13.2. The number of amides is 2. The van der Waals surface area contributed by atoms with E-state index in [-0.39, 0.29) is 24.2 Å². The molecule has 29 heavy (non-hydrogen) atoms. The van der Waals surface area contributed by atoms with E-state index in [4.69, 9.17) is 0 Å². The third-order valence-corrected chi connectivity index (χ3v) is 5.09. The Bertz CT molecular complexity index is 960. The lowest BCUT2D eigenvalue weighted by Crippen LogP contribution is -2.41. The van der Waals surface area contributed by atoms with Gasteiger partial charge >= 0.3 is 0 Å². The van der Waals surface area contributed by atoms with Gasteiger partial charge in [-0.1, -0.05) is 19.1 Å². The van der Waals surface area contributed by atoms with Gasteiger partial charge < -0.3 is 5.32 Å². The van der Waals surface area contributed by atoms with Gasteiger partial charge in [-0.2, -0.15) is 10.2 Å². The maximum atomic E-state index is 12.7. The minimum absolute atomic E-state index is 0.0897. The quantitative estimate of drug-likeness (QED) is 0.816. The standard InChI is InChI=1S/C22H29N5O2/c1-14-6-7-16(3)20(10-14)27-21(28)9-8-19(25-27)22(29)23-12-15(2)13-26-18(5)11-17(4)24-26/h6-7,10-11,15H,8-9,12-13H2,1-5H3,(H,23,29). The lowest BCUT2D eigenvalue weighted by atomic mass is 10.1. The molecule has 2 aromatic rings. The number of nitrogens with one attached hydrogen (secondary N) is 1. The van der Waals surface area contributed by atoms with E-state index in [0.29, 0.717) is 18.7 Å². The first-order valence-electron chi connectivity index (χ1n) is 10.0. The maximum Gasteiger partial charge on any atom is 0.267 e. The highest BCUT2D eigenvalue weighted by Gasteiger charge is 2.26. The third kappa shape index (κ3) is 4.91. The van der Waals surface area contributed by atoms with Crippen LogP contribution in [0.25, 0.3) is 0 Å². The first-order valence-corrected chi connectivity index (χ1v) is 10.0. The van der Waals surface area contributed by atoms with Gasteiger partial charge in [-0.15, -0.1) is 0 Å². The highest BCUT2D eigenvalue weighted by atomic mass is 16.2. The predicted molar refractivity (Wildman–Crippen MR) is 114 cm³/mol. The van der Waals surface area contributed by atoms with Gasteiger partial charge in [0.05, 0.1) is 11.4 Å². The molecule has 154 valence electrons. The predicted octanol–water partition coefficient (Wildman–Crippen LogP) is 3.05. The minimum atomic E-state index is -0.215. The second-order valence-corrected chi connectivity index (χ2v) is 7.97. The fraction of sp³-hybridized carbons (Fsp3) is 0.455. The summed E-state index contributed by atoms with van der Waals surface area (Å²) < 4.78 is 1.96. The molecule has 0 fully saturated rings. The van der Waals surface area contributed by atoms with Crippen molar-refractivity contribution in [3.63, 3.8) is 0 Å². The van der Waals surface area contributed by atoms with E-state index in [1.165, 1.54) is 5.01 Å². The normalized spacial score (nSPS) is 15.3. The molecular weight excluding hydrogens is 366 g/mol. The number of anilines is 1. The van der Waals surface area contributed by atoms with Crippen molar-refractivity contribution < 1.29 is 9.59 Å². The van der Waals surface area contributed by atoms with Gasteiger partial charge in [0.25, 0.3) is 5.91 Å². The number of carbonyl (C=O) groups excluding carboxylic acids is 2. The van der Waals surface area contributed by atoms with Gasteiger partial charge in [0, 0.05) is 31.6 Å². The monoisotopic (exact) mass is 395 g/mol. The first-order chi connectivity index (χ1) is 13.7. The molecule has 0 bridgehead atoms. The number of carbonyl (C=O) groups is 2. The Hall–Kier alpha value is -2.96. The van der Waals surface area contributed by atoms with Crippen LogP contribution in [0.2, 0.25) is 0 Å². The number of nitrogens with zero attached hydrogens (tertiary/aromatic N) is 4. The van der Waals surface area contributed by atoms with Gasteiger partial charge in [-0.05, 0) is 56.9 Å². The highest BCUT2D eigenvalue weighted by Crippen LogP contribution is 2.25. The molecule has 1 aromatic carbocycles. The van der Waals surface area contributed by atoms with Crippen LogP contribution in [0.1, 0.15) is 42.3 Å². The molecule has 0 aliphatic carbocycles. The Morgan fingerprint density at radius 2 is 1.93 bits per heavy atom. The van der Waals surface area contributed by atoms with Gasteiger partial charge in [-0.25, -0.2) is 5.01 Å². The molecular formula is C22H29N5O2. The molecule has 1 unspecified atom stereocenters. The molecule has 7 heteroatoms. The van der Waals surface area contributed by atoms with Crippen molar-refractivity contribution in [1.82, 2.24) is 15.1 Å². The summed E-state index contributed by atoms with van der Waals surface area (Å²) in [6, 6.07) is 7.92. The highest BCUT2D eigenvalue weighted by molar-refractivity contribution is 6.40. The summed E-state index contributed by atoms with van der Waals surface area (Å²) in [5.74, 6) is -0.0842. The number of hydrazone groups is 1. The van der Waals surface area contributed by atoms with Gasteiger partial charge in [0.1, 0.15) is 5.71 Å². The molecule has 1 aliphatic rings. The zero-order valence-electron chi connectivity index (χ0n) is 17.8. The average Bonchev–Trinajstić information content (AvgIpc) is 2.99. The van der Waals surface area contributed by atoms with Crippen LogP contribution in [0.3, 0.4) is 0 Å². The summed E-state index contributed by atoms with van der Waals surface area (Å²) in [6.07, 6.45) is 0.638. The Morgan fingerprint density at radius 3 is 2.62 bits per heavy atom. The molecule has 2 heterocycles. The summed E-state index contributed by atoms with van der Waals surface area (Å²) >= 11 is 0. The molecule has 3 rings (SSSR count). The van der Waals surface area contributed by atoms with Crippen LogP contribution in [-0.2, 0) is 16.1 Å². The van der Waals surface area contributed by atoms with Gasteiger partial charge in [0.15, 0.2) is 0 Å². The second-order valence-electron chi connectivity index (χ2n) is 7.97. The van der Waals surface area contributed by atoms with E-state index in [1.807, 2.05) is 56.6 Å². The number of aryl methyl sites for hydroxylation is 4. The van der Waals surface area contributed by atoms with Crippen molar-refractivity contribution >= 4 is 23.2 Å². The Kier molecular flexibility index (Phi) is 6.15. The second kappa shape index (κ2) is 8.59. The smallest absolute Gasteiger partial charge is 0.267 e. The molecule has 1 aromatic heterocycles. The number of hydrogen-bond acceptors (Lipinski definition) is 4. The SMILES string of the molecule is Cc1ccc(C)c(N2N=C(C(=O)NCC(C)Cn3nc(C)cc3C)CCC2=O)c1. The summed E-state index contributed by atoms with van der Waals surface area (Å²) in [6.45, 7) is 11.2. The largest absolute Gasteiger partial charge is 0.351 e. The van der Waals surface area contributed by atoms with Crippen LogP contribution in [0.15, 0.2) is 29.4 Å². The van der Waals surface area contributed by atoms with Crippen LogP contribution in [0.4, 0.5) is 5.69 Å². The Balaban J connectivity index is 1.66.